The fourth-order valence-corrected chi connectivity index (χ4v) is 5.57. The van der Waals surface area contributed by atoms with Gasteiger partial charge in [-0.1, -0.05) is 32.4 Å². The van der Waals surface area contributed by atoms with Gasteiger partial charge in [-0.15, -0.1) is 0 Å². The van der Waals surface area contributed by atoms with Crippen molar-refractivity contribution >= 4 is 41.3 Å². The molecule has 2 heterocycles. The molecule has 0 aromatic heterocycles. The van der Waals surface area contributed by atoms with E-state index in [1.54, 1.807) is 26.0 Å². The van der Waals surface area contributed by atoms with Crippen molar-refractivity contribution in [2.45, 2.75) is 97.4 Å². The summed E-state index contributed by atoms with van der Waals surface area (Å²) in [4.78, 5) is 87.2. The van der Waals surface area contributed by atoms with Gasteiger partial charge in [-0.05, 0) is 70.1 Å². The summed E-state index contributed by atoms with van der Waals surface area (Å²) in [6.07, 6.45) is 4.88. The van der Waals surface area contributed by atoms with E-state index in [9.17, 15) is 28.8 Å². The summed E-state index contributed by atoms with van der Waals surface area (Å²) in [5.74, 6) is -2.24. The number of primary amides is 1. The lowest BCUT2D eigenvalue weighted by molar-refractivity contribution is -0.274. The average molecular weight is 729 g/mol. The van der Waals surface area contributed by atoms with Crippen molar-refractivity contribution in [3.8, 4) is 0 Å². The van der Waals surface area contributed by atoms with E-state index < -0.39 is 29.9 Å². The molecule has 0 bridgehead atoms. The number of carbonyl (C=O) groups is 6. The lowest BCUT2D eigenvalue weighted by Crippen LogP contribution is -2.54. The molecule has 16 nitrogen and oxygen atoms in total. The van der Waals surface area contributed by atoms with Crippen LogP contribution in [0.1, 0.15) is 78.7 Å². The van der Waals surface area contributed by atoms with Gasteiger partial charge in [0, 0.05) is 63.5 Å². The minimum Gasteiger partial charge on any atom is -0.352 e. The maximum absolute atomic E-state index is 13.4. The molecule has 16 heteroatoms. The van der Waals surface area contributed by atoms with Crippen LogP contribution in [0.3, 0.4) is 0 Å². The van der Waals surface area contributed by atoms with Crippen LogP contribution in [0.2, 0.25) is 0 Å². The number of hydrogen-bond donors (Lipinski definition) is 5. The number of nitrogens with zero attached hydrogens (tertiary/aromatic N) is 3. The van der Waals surface area contributed by atoms with Crippen molar-refractivity contribution in [1.29, 1.82) is 0 Å². The lowest BCUT2D eigenvalue weighted by atomic mass is 10.0. The van der Waals surface area contributed by atoms with Crippen LogP contribution in [0.5, 0.6) is 0 Å². The van der Waals surface area contributed by atoms with Gasteiger partial charge in [-0.3, -0.25) is 38.5 Å². The van der Waals surface area contributed by atoms with Gasteiger partial charge >= 0.3 is 6.03 Å². The fraction of sp³-hybridized carbons (Fsp3) is 0.611. The number of nitrogens with one attached hydrogen (secondary N) is 4. The molecular weight excluding hydrogens is 672 g/mol. The molecule has 6 N–H and O–H groups in total. The first-order valence-electron chi connectivity index (χ1n) is 18.0. The Hall–Kier alpha value is -4.38. The van der Waals surface area contributed by atoms with Crippen LogP contribution >= 0.6 is 0 Å². The lowest BCUT2D eigenvalue weighted by Gasteiger charge is -2.36. The summed E-state index contributed by atoms with van der Waals surface area (Å²) in [5.41, 5.74) is 6.37. The van der Waals surface area contributed by atoms with Crippen molar-refractivity contribution in [2.75, 3.05) is 44.6 Å². The van der Waals surface area contributed by atoms with Crippen molar-refractivity contribution in [3.63, 3.8) is 0 Å². The van der Waals surface area contributed by atoms with Crippen molar-refractivity contribution in [3.05, 3.63) is 42.0 Å². The Kier molecular flexibility index (Phi) is 16.7. The Balaban J connectivity index is 1.49. The van der Waals surface area contributed by atoms with Crippen LogP contribution in [0, 0.1) is 5.92 Å². The van der Waals surface area contributed by atoms with Gasteiger partial charge in [-0.2, -0.15) is 10.1 Å². The second-order valence-corrected chi connectivity index (χ2v) is 14.3. The number of hydrogen-bond acceptors (Lipinski definition) is 10. The third kappa shape index (κ3) is 15.1. The summed E-state index contributed by atoms with van der Waals surface area (Å²) in [5, 5.41) is 14.8. The maximum Gasteiger partial charge on any atom is 0.312 e. The SMILES string of the molecule is CC(C)[C@H](NC(=O)CCCCCN1C(=O)C=CC1=O)C(=O)N[C@@H](CCCNC(N)=O)C(=O)Nc1ccc(CON2CCN(OC(C)(C)C)CC2)cc1. The first-order chi connectivity index (χ1) is 24.6. The summed E-state index contributed by atoms with van der Waals surface area (Å²) in [6.45, 7) is 13.4. The molecule has 1 aromatic carbocycles. The van der Waals surface area contributed by atoms with Gasteiger partial charge < -0.3 is 27.0 Å². The molecule has 7 amide bonds. The third-order valence-corrected chi connectivity index (χ3v) is 8.29. The molecule has 0 aliphatic carbocycles. The molecule has 1 saturated heterocycles. The van der Waals surface area contributed by atoms with Gasteiger partial charge in [0.15, 0.2) is 0 Å². The molecule has 0 spiro atoms. The van der Waals surface area contributed by atoms with E-state index in [0.717, 1.165) is 23.6 Å². The third-order valence-electron chi connectivity index (χ3n) is 8.29. The van der Waals surface area contributed by atoms with Crippen molar-refractivity contribution in [2.24, 2.45) is 11.7 Å². The van der Waals surface area contributed by atoms with Gasteiger partial charge in [0.05, 0.1) is 12.2 Å². The zero-order valence-corrected chi connectivity index (χ0v) is 31.1. The molecule has 52 heavy (non-hydrogen) atoms. The molecular formula is C36H56N8O8. The molecule has 3 rings (SSSR count). The number of unbranched alkanes of at least 4 members (excludes halogenated alkanes) is 2. The van der Waals surface area contributed by atoms with Crippen molar-refractivity contribution < 1.29 is 38.4 Å². The second-order valence-electron chi connectivity index (χ2n) is 14.3. The highest BCUT2D eigenvalue weighted by molar-refractivity contribution is 6.12. The molecule has 288 valence electrons. The Bertz CT molecular complexity index is 1390. The quantitative estimate of drug-likeness (QED) is 0.0976. The number of rotatable bonds is 20. The van der Waals surface area contributed by atoms with E-state index in [1.807, 2.05) is 43.0 Å². The summed E-state index contributed by atoms with van der Waals surface area (Å²) >= 11 is 0. The minimum absolute atomic E-state index is 0.156. The number of anilines is 1. The Morgan fingerprint density at radius 3 is 2.08 bits per heavy atom. The Labute approximate surface area is 306 Å². The highest BCUT2D eigenvalue weighted by atomic mass is 16.7. The standard InChI is InChI=1S/C36H56N8O8/c1-25(2)32(41-29(45)11-7-6-8-19-44-30(46)16-17-31(44)47)34(49)40-28(10-9-18-38-35(37)50)33(48)39-27-14-12-26(13-15-27)24-51-42-20-22-43(23-21-42)52-36(3,4)5/h12-17,25,28,32H,6-11,18-24H2,1-5H3,(H,39,48)(H,40,49)(H,41,45)(H3,37,38,50)/t28-,32-/m0/s1. The zero-order valence-electron chi connectivity index (χ0n) is 31.1. The number of amides is 7. The van der Waals surface area contributed by atoms with Gasteiger partial charge in [0.25, 0.3) is 11.8 Å². The van der Waals surface area contributed by atoms with Crippen LogP contribution in [-0.2, 0) is 40.3 Å². The number of nitrogens with two attached hydrogens (primary N) is 1. The molecule has 0 saturated carbocycles. The van der Waals surface area contributed by atoms with Gasteiger partial charge in [0.1, 0.15) is 12.1 Å². The average Bonchev–Trinajstić information content (AvgIpc) is 3.40. The number of carbonyl (C=O) groups excluding carboxylic acids is 6. The van der Waals surface area contributed by atoms with E-state index in [2.05, 4.69) is 21.3 Å². The summed E-state index contributed by atoms with van der Waals surface area (Å²) in [7, 11) is 0. The Morgan fingerprint density at radius 1 is 0.846 bits per heavy atom. The van der Waals surface area contributed by atoms with Crippen molar-refractivity contribution in [1.82, 2.24) is 31.0 Å². The van der Waals surface area contributed by atoms with E-state index >= 15 is 0 Å². The number of hydroxylamine groups is 4. The smallest absolute Gasteiger partial charge is 0.312 e. The van der Waals surface area contributed by atoms with E-state index in [1.165, 1.54) is 12.2 Å². The molecule has 0 radical (unpaired) electrons. The van der Waals surface area contributed by atoms with Gasteiger partial charge in [-0.25, -0.2) is 4.79 Å². The summed E-state index contributed by atoms with van der Waals surface area (Å²) in [6, 6.07) is 4.67. The maximum atomic E-state index is 13.4. The number of piperazine rings is 1. The van der Waals surface area contributed by atoms with E-state index in [4.69, 9.17) is 15.4 Å². The van der Waals surface area contributed by atoms with Crippen LogP contribution < -0.4 is 27.0 Å². The second kappa shape index (κ2) is 20.6. The van der Waals surface area contributed by atoms with Gasteiger partial charge in [0.2, 0.25) is 17.7 Å². The predicted molar refractivity (Wildman–Crippen MR) is 194 cm³/mol. The Morgan fingerprint density at radius 2 is 1.48 bits per heavy atom. The monoisotopic (exact) mass is 728 g/mol. The molecule has 1 fully saturated rings. The van der Waals surface area contributed by atoms with E-state index in [-0.39, 0.29) is 55.2 Å². The number of urea groups is 1. The normalized spacial score (nSPS) is 16.5. The summed E-state index contributed by atoms with van der Waals surface area (Å²) < 4.78 is 0. The topological polar surface area (TPSA) is 205 Å². The van der Waals surface area contributed by atoms with Crippen LogP contribution in [0.15, 0.2) is 36.4 Å². The molecule has 1 aromatic rings. The first kappa shape index (κ1) is 42.0. The molecule has 2 aliphatic heterocycles. The minimum atomic E-state index is -0.963. The number of imide groups is 1. The number of benzene rings is 1. The molecule has 0 unspecified atom stereocenters. The molecule has 2 atom stereocenters. The largest absolute Gasteiger partial charge is 0.352 e. The molecule has 2 aliphatic rings. The van der Waals surface area contributed by atoms with E-state index in [0.29, 0.717) is 51.1 Å². The highest BCUT2D eigenvalue weighted by Crippen LogP contribution is 2.16. The fourth-order valence-electron chi connectivity index (χ4n) is 5.57. The zero-order chi connectivity index (χ0) is 38.3. The van der Waals surface area contributed by atoms with Crippen LogP contribution in [0.25, 0.3) is 0 Å². The van der Waals surface area contributed by atoms with Crippen LogP contribution in [-0.4, -0.2) is 108 Å². The predicted octanol–water partition coefficient (Wildman–Crippen LogP) is 1.96. The highest BCUT2D eigenvalue weighted by Gasteiger charge is 2.29. The van der Waals surface area contributed by atoms with Crippen LogP contribution in [0.4, 0.5) is 10.5 Å². The first-order valence-corrected chi connectivity index (χ1v) is 18.0.